The first-order chi connectivity index (χ1) is 13.4. The molecule has 0 atom stereocenters. The van der Waals surface area contributed by atoms with Gasteiger partial charge < -0.3 is 14.8 Å². The number of hydrogen-bond donors (Lipinski definition) is 1. The fraction of sp³-hybridized carbons (Fsp3) is 0.391. The highest BCUT2D eigenvalue weighted by Gasteiger charge is 2.26. The molecule has 1 N–H and O–H groups in total. The molecule has 1 aliphatic rings. The molecule has 28 heavy (non-hydrogen) atoms. The molecule has 0 spiro atoms. The number of dihydropyridines is 1. The lowest BCUT2D eigenvalue weighted by Crippen LogP contribution is -2.26. The van der Waals surface area contributed by atoms with Crippen LogP contribution in [-0.4, -0.2) is 25.7 Å². The smallest absolute Gasteiger partial charge is 0.336 e. The molecule has 1 aliphatic heterocycles. The molecule has 0 bridgehead atoms. The van der Waals surface area contributed by atoms with Crippen LogP contribution >= 0.6 is 0 Å². The molecule has 0 aliphatic carbocycles. The molecule has 5 heteroatoms. The topological polar surface area (TPSA) is 64.6 Å². The van der Waals surface area contributed by atoms with E-state index in [-0.39, 0.29) is 6.42 Å². The molecule has 0 unspecified atom stereocenters. The van der Waals surface area contributed by atoms with Crippen molar-refractivity contribution in [3.05, 3.63) is 70.1 Å². The van der Waals surface area contributed by atoms with Crippen molar-refractivity contribution in [2.45, 2.75) is 46.5 Å². The van der Waals surface area contributed by atoms with E-state index in [0.717, 1.165) is 12.8 Å². The van der Waals surface area contributed by atoms with Crippen molar-refractivity contribution in [1.29, 1.82) is 0 Å². The first-order valence-corrected chi connectivity index (χ1v) is 9.54. The van der Waals surface area contributed by atoms with E-state index in [1.165, 1.54) is 18.2 Å². The Kier molecular flexibility index (Phi) is 8.05. The third-order valence-electron chi connectivity index (χ3n) is 4.81. The summed E-state index contributed by atoms with van der Waals surface area (Å²) in [5.74, 6) is -0.825. The SMILES string of the molecule is COC(=O)C1=C(C)NC(C)=C(C(=O)OCC/C=C(\C)CCc2ccccc2)C1. The second-order valence-electron chi connectivity index (χ2n) is 6.96. The quantitative estimate of drug-likeness (QED) is 0.414. The van der Waals surface area contributed by atoms with Gasteiger partial charge in [-0.25, -0.2) is 9.59 Å². The zero-order chi connectivity index (χ0) is 20.5. The average Bonchev–Trinajstić information content (AvgIpc) is 2.69. The predicted molar refractivity (Wildman–Crippen MR) is 109 cm³/mol. The van der Waals surface area contributed by atoms with Gasteiger partial charge in [-0.15, -0.1) is 0 Å². The van der Waals surface area contributed by atoms with Crippen LogP contribution in [0, 0.1) is 0 Å². The lowest BCUT2D eigenvalue weighted by Gasteiger charge is -2.22. The number of methoxy groups -OCH3 is 1. The van der Waals surface area contributed by atoms with Crippen molar-refractivity contribution < 1.29 is 19.1 Å². The van der Waals surface area contributed by atoms with Gasteiger partial charge in [0, 0.05) is 17.8 Å². The molecule has 0 saturated carbocycles. The van der Waals surface area contributed by atoms with E-state index in [4.69, 9.17) is 9.47 Å². The Bertz CT molecular complexity index is 803. The number of benzene rings is 1. The number of hydrogen-bond acceptors (Lipinski definition) is 5. The zero-order valence-electron chi connectivity index (χ0n) is 17.1. The second kappa shape index (κ2) is 10.5. The molecule has 1 heterocycles. The number of allylic oxidation sites excluding steroid dienone is 3. The summed E-state index contributed by atoms with van der Waals surface area (Å²) >= 11 is 0. The lowest BCUT2D eigenvalue weighted by molar-refractivity contribution is -0.139. The highest BCUT2D eigenvalue weighted by Crippen LogP contribution is 2.24. The molecular weight excluding hydrogens is 354 g/mol. The number of esters is 2. The fourth-order valence-corrected chi connectivity index (χ4v) is 3.08. The van der Waals surface area contributed by atoms with Crippen molar-refractivity contribution in [3.63, 3.8) is 0 Å². The molecule has 0 amide bonds. The maximum absolute atomic E-state index is 12.4. The number of carbonyl (C=O) groups excluding carboxylic acids is 2. The van der Waals surface area contributed by atoms with Gasteiger partial charge in [0.1, 0.15) is 0 Å². The highest BCUT2D eigenvalue weighted by molar-refractivity contribution is 5.96. The number of rotatable bonds is 8. The van der Waals surface area contributed by atoms with Gasteiger partial charge in [-0.3, -0.25) is 0 Å². The number of nitrogens with one attached hydrogen (secondary N) is 1. The summed E-state index contributed by atoms with van der Waals surface area (Å²) in [6.07, 6.45) is 4.99. The van der Waals surface area contributed by atoms with Gasteiger partial charge in [0.05, 0.1) is 24.9 Å². The Morgan fingerprint density at radius 3 is 2.36 bits per heavy atom. The van der Waals surface area contributed by atoms with Gasteiger partial charge in [-0.05, 0) is 45.6 Å². The molecule has 0 aromatic heterocycles. The lowest BCUT2D eigenvalue weighted by atomic mass is 9.98. The largest absolute Gasteiger partial charge is 0.466 e. The molecule has 1 aromatic rings. The van der Waals surface area contributed by atoms with Gasteiger partial charge in [0.25, 0.3) is 0 Å². The molecule has 2 rings (SSSR count). The summed E-state index contributed by atoms with van der Waals surface area (Å²) in [4.78, 5) is 24.3. The molecule has 0 radical (unpaired) electrons. The number of ether oxygens (including phenoxy) is 2. The normalized spacial score (nSPS) is 14.6. The summed E-state index contributed by atoms with van der Waals surface area (Å²) in [6, 6.07) is 10.4. The monoisotopic (exact) mass is 383 g/mol. The van der Waals surface area contributed by atoms with Crippen LogP contribution in [0.4, 0.5) is 0 Å². The molecule has 0 saturated heterocycles. The fourth-order valence-electron chi connectivity index (χ4n) is 3.08. The number of aryl methyl sites for hydroxylation is 1. The summed E-state index contributed by atoms with van der Waals surface area (Å²) in [7, 11) is 1.33. The van der Waals surface area contributed by atoms with Crippen molar-refractivity contribution in [2.75, 3.05) is 13.7 Å². The van der Waals surface area contributed by atoms with Crippen LogP contribution in [-0.2, 0) is 25.5 Å². The number of carbonyl (C=O) groups is 2. The van der Waals surface area contributed by atoms with Crippen molar-refractivity contribution in [3.8, 4) is 0 Å². The maximum Gasteiger partial charge on any atom is 0.336 e. The van der Waals surface area contributed by atoms with E-state index in [1.807, 2.05) is 25.1 Å². The first kappa shape index (κ1) is 21.5. The molecule has 1 aromatic carbocycles. The van der Waals surface area contributed by atoms with E-state index in [9.17, 15) is 9.59 Å². The van der Waals surface area contributed by atoms with Crippen molar-refractivity contribution >= 4 is 11.9 Å². The van der Waals surface area contributed by atoms with Crippen LogP contribution in [0.2, 0.25) is 0 Å². The van der Waals surface area contributed by atoms with Gasteiger partial charge in [0.2, 0.25) is 0 Å². The minimum atomic E-state index is -0.431. The third kappa shape index (κ3) is 6.12. The van der Waals surface area contributed by atoms with Gasteiger partial charge in [-0.2, -0.15) is 0 Å². The van der Waals surface area contributed by atoms with E-state index < -0.39 is 11.9 Å². The van der Waals surface area contributed by atoms with E-state index in [2.05, 4.69) is 30.4 Å². The summed E-state index contributed by atoms with van der Waals surface area (Å²) < 4.78 is 10.2. The minimum Gasteiger partial charge on any atom is -0.466 e. The van der Waals surface area contributed by atoms with E-state index in [1.54, 1.807) is 6.92 Å². The Labute approximate surface area is 167 Å². The average molecular weight is 383 g/mol. The Hall–Kier alpha value is -2.82. The maximum atomic E-state index is 12.4. The van der Waals surface area contributed by atoms with Crippen LogP contribution in [0.15, 0.2) is 64.5 Å². The molecule has 5 nitrogen and oxygen atoms in total. The van der Waals surface area contributed by atoms with Gasteiger partial charge in [0.15, 0.2) is 0 Å². The highest BCUT2D eigenvalue weighted by atomic mass is 16.5. The van der Waals surface area contributed by atoms with Crippen molar-refractivity contribution in [2.24, 2.45) is 0 Å². The van der Waals surface area contributed by atoms with Gasteiger partial charge >= 0.3 is 11.9 Å². The van der Waals surface area contributed by atoms with Gasteiger partial charge in [-0.1, -0.05) is 42.0 Å². The molecular formula is C23H29NO4. The molecule has 0 fully saturated rings. The minimum absolute atomic E-state index is 0.224. The van der Waals surface area contributed by atoms with Crippen LogP contribution in [0.25, 0.3) is 0 Å². The van der Waals surface area contributed by atoms with Crippen LogP contribution in [0.5, 0.6) is 0 Å². The Morgan fingerprint density at radius 1 is 1.07 bits per heavy atom. The summed E-state index contributed by atoms with van der Waals surface area (Å²) in [5, 5.41) is 3.06. The van der Waals surface area contributed by atoms with Crippen LogP contribution < -0.4 is 5.32 Å². The third-order valence-corrected chi connectivity index (χ3v) is 4.81. The predicted octanol–water partition coefficient (Wildman–Crippen LogP) is 4.21. The Balaban J connectivity index is 1.80. The standard InChI is InChI=1S/C23H29NO4/c1-16(12-13-19-10-6-5-7-11-19)9-8-14-28-23(26)21-15-20(22(25)27-4)17(2)24-18(21)3/h5-7,9-11,24H,8,12-15H2,1-4H3/b16-9+. The summed E-state index contributed by atoms with van der Waals surface area (Å²) in [5.41, 5.74) is 4.94. The van der Waals surface area contributed by atoms with Crippen LogP contribution in [0.3, 0.4) is 0 Å². The second-order valence-corrected chi connectivity index (χ2v) is 6.96. The van der Waals surface area contributed by atoms with E-state index >= 15 is 0 Å². The van der Waals surface area contributed by atoms with E-state index in [0.29, 0.717) is 35.6 Å². The summed E-state index contributed by atoms with van der Waals surface area (Å²) in [6.45, 7) is 6.01. The van der Waals surface area contributed by atoms with Crippen molar-refractivity contribution in [1.82, 2.24) is 5.32 Å². The zero-order valence-corrected chi connectivity index (χ0v) is 17.1. The molecule has 150 valence electrons. The first-order valence-electron chi connectivity index (χ1n) is 9.54. The Morgan fingerprint density at radius 2 is 1.71 bits per heavy atom. The van der Waals surface area contributed by atoms with Crippen LogP contribution in [0.1, 0.15) is 45.6 Å².